The van der Waals surface area contributed by atoms with Crippen LogP contribution in [0, 0.1) is 59.2 Å². The van der Waals surface area contributed by atoms with Gasteiger partial charge in [0.1, 0.15) is 0 Å². The molecule has 4 nitrogen and oxygen atoms in total. The largest absolute Gasteiger partial charge is 0.393 e. The molecular formula is C28H50O4. The molecule has 4 aliphatic carbocycles. The topological polar surface area (TPSA) is 58.9 Å². The van der Waals surface area contributed by atoms with Crippen molar-refractivity contribution in [1.29, 1.82) is 0 Å². The van der Waals surface area contributed by atoms with Gasteiger partial charge < -0.3 is 19.7 Å². The summed E-state index contributed by atoms with van der Waals surface area (Å²) in [6.45, 7) is 5.75. The molecule has 32 heavy (non-hydrogen) atoms. The van der Waals surface area contributed by atoms with E-state index < -0.39 is 0 Å². The third-order valence-corrected chi connectivity index (χ3v) is 10.5. The summed E-state index contributed by atoms with van der Waals surface area (Å²) in [4.78, 5) is 0. The highest BCUT2D eigenvalue weighted by Gasteiger charge is 2.50. The average molecular weight is 451 g/mol. The lowest BCUT2D eigenvalue weighted by Gasteiger charge is -2.54. The fourth-order valence-electron chi connectivity index (χ4n) is 8.71. The van der Waals surface area contributed by atoms with Crippen molar-refractivity contribution in [3.8, 4) is 0 Å². The Morgan fingerprint density at radius 2 is 1.03 bits per heavy atom. The summed E-state index contributed by atoms with van der Waals surface area (Å²) in [6, 6.07) is 0. The first-order chi connectivity index (χ1) is 15.4. The summed E-state index contributed by atoms with van der Waals surface area (Å²) >= 11 is 0. The van der Waals surface area contributed by atoms with E-state index in [9.17, 15) is 10.2 Å². The Labute approximate surface area is 196 Å². The molecule has 0 aromatic carbocycles. The number of hydrogen-bond acceptors (Lipinski definition) is 4. The Balaban J connectivity index is 1.54. The maximum Gasteiger partial charge on any atom is 0.0543 e. The van der Waals surface area contributed by atoms with Crippen molar-refractivity contribution in [3.63, 3.8) is 0 Å². The highest BCUT2D eigenvalue weighted by molar-refractivity contribution is 5.00. The molecule has 0 aromatic heterocycles. The molecular weight excluding hydrogens is 400 g/mol. The molecule has 0 bridgehead atoms. The summed E-state index contributed by atoms with van der Waals surface area (Å²) < 4.78 is 11.5. The fraction of sp³-hybridized carbons (Fsp3) is 1.00. The molecule has 186 valence electrons. The standard InChI is InChI=1S/C28H50O4/c1-17(29)25-13-22(14-26(18(2)30)28(25)20-9-6-10-20)21-11-23(15-31-3)27(19-7-5-8-19)24(12-21)16-32-4/h17-30H,5-16H2,1-4H3/t17?,18?,21?,22?,23?,24?,25-,26?,27?,28+/m0/s1. The summed E-state index contributed by atoms with van der Waals surface area (Å²) in [5.74, 6) is 6.01. The predicted molar refractivity (Wildman–Crippen MR) is 128 cm³/mol. The van der Waals surface area contributed by atoms with Gasteiger partial charge in [0.25, 0.3) is 0 Å². The zero-order chi connectivity index (χ0) is 22.8. The minimum absolute atomic E-state index is 0.277. The zero-order valence-corrected chi connectivity index (χ0v) is 21.1. The van der Waals surface area contributed by atoms with Crippen LogP contribution < -0.4 is 0 Å². The third-order valence-electron chi connectivity index (χ3n) is 10.5. The second kappa shape index (κ2) is 11.1. The van der Waals surface area contributed by atoms with Gasteiger partial charge in [-0.1, -0.05) is 38.5 Å². The van der Waals surface area contributed by atoms with Gasteiger partial charge in [0.15, 0.2) is 0 Å². The number of hydrogen-bond donors (Lipinski definition) is 2. The molecule has 4 aliphatic rings. The van der Waals surface area contributed by atoms with Gasteiger partial charge in [-0.3, -0.25) is 0 Å². The molecule has 0 radical (unpaired) electrons. The van der Waals surface area contributed by atoms with Crippen LogP contribution in [0.25, 0.3) is 0 Å². The van der Waals surface area contributed by atoms with E-state index in [1.165, 1.54) is 51.4 Å². The van der Waals surface area contributed by atoms with E-state index in [1.807, 2.05) is 28.1 Å². The van der Waals surface area contributed by atoms with Crippen LogP contribution in [0.5, 0.6) is 0 Å². The maximum absolute atomic E-state index is 10.8. The van der Waals surface area contributed by atoms with E-state index in [4.69, 9.17) is 9.47 Å². The molecule has 0 spiro atoms. The van der Waals surface area contributed by atoms with E-state index in [-0.39, 0.29) is 12.2 Å². The Morgan fingerprint density at radius 3 is 1.38 bits per heavy atom. The van der Waals surface area contributed by atoms with Gasteiger partial charge in [0.05, 0.1) is 12.2 Å². The second-order valence-electron chi connectivity index (χ2n) is 12.2. The van der Waals surface area contributed by atoms with Gasteiger partial charge in [-0.05, 0) is 98.7 Å². The summed E-state index contributed by atoms with van der Waals surface area (Å²) in [7, 11) is 3.73. The van der Waals surface area contributed by atoms with Gasteiger partial charge in [-0.15, -0.1) is 0 Å². The van der Waals surface area contributed by atoms with Crippen LogP contribution in [0.2, 0.25) is 0 Å². The second-order valence-corrected chi connectivity index (χ2v) is 12.2. The number of rotatable bonds is 9. The predicted octanol–water partition coefficient (Wildman–Crippen LogP) is 5.16. The molecule has 4 rings (SSSR count). The van der Waals surface area contributed by atoms with Crippen LogP contribution in [0.15, 0.2) is 0 Å². The molecule has 4 fully saturated rings. The van der Waals surface area contributed by atoms with Crippen molar-refractivity contribution in [2.45, 2.75) is 90.3 Å². The fourth-order valence-corrected chi connectivity index (χ4v) is 8.71. The van der Waals surface area contributed by atoms with Crippen molar-refractivity contribution >= 4 is 0 Å². The van der Waals surface area contributed by atoms with Crippen LogP contribution >= 0.6 is 0 Å². The Hall–Kier alpha value is -0.160. The van der Waals surface area contributed by atoms with Crippen LogP contribution in [-0.2, 0) is 9.47 Å². The van der Waals surface area contributed by atoms with Crippen molar-refractivity contribution in [2.24, 2.45) is 59.2 Å². The first-order valence-electron chi connectivity index (χ1n) is 13.8. The van der Waals surface area contributed by atoms with Crippen molar-refractivity contribution < 1.29 is 19.7 Å². The summed E-state index contributed by atoms with van der Waals surface area (Å²) in [6.07, 6.45) is 12.3. The lowest BCUT2D eigenvalue weighted by Crippen LogP contribution is -2.50. The Bertz CT molecular complexity index is 536. The average Bonchev–Trinajstić information content (AvgIpc) is 2.67. The smallest absolute Gasteiger partial charge is 0.0543 e. The minimum Gasteiger partial charge on any atom is -0.393 e. The van der Waals surface area contributed by atoms with Gasteiger partial charge in [0.2, 0.25) is 0 Å². The zero-order valence-electron chi connectivity index (χ0n) is 21.1. The molecule has 0 aromatic rings. The molecule has 0 saturated heterocycles. The Kier molecular flexibility index (Phi) is 8.62. The van der Waals surface area contributed by atoms with Crippen LogP contribution in [0.1, 0.15) is 78.1 Å². The lowest BCUT2D eigenvalue weighted by molar-refractivity contribution is -0.100. The molecule has 4 saturated carbocycles. The third kappa shape index (κ3) is 5.09. The minimum atomic E-state index is -0.277. The van der Waals surface area contributed by atoms with E-state index >= 15 is 0 Å². The molecule has 0 heterocycles. The molecule has 0 aliphatic heterocycles. The number of ether oxygens (including phenoxy) is 2. The highest BCUT2D eigenvalue weighted by atomic mass is 16.5. The summed E-state index contributed by atoms with van der Waals surface area (Å²) in [5.41, 5.74) is 0. The van der Waals surface area contributed by atoms with Crippen molar-refractivity contribution in [3.05, 3.63) is 0 Å². The van der Waals surface area contributed by atoms with E-state index in [0.717, 1.165) is 37.9 Å². The van der Waals surface area contributed by atoms with Crippen LogP contribution in [-0.4, -0.2) is 49.9 Å². The van der Waals surface area contributed by atoms with Crippen LogP contribution in [0.4, 0.5) is 0 Å². The van der Waals surface area contributed by atoms with Crippen molar-refractivity contribution in [2.75, 3.05) is 27.4 Å². The lowest BCUT2D eigenvalue weighted by atomic mass is 9.52. The van der Waals surface area contributed by atoms with Gasteiger partial charge in [-0.2, -0.15) is 0 Å². The first-order valence-corrected chi connectivity index (χ1v) is 13.8. The molecule has 4 heteroatoms. The van der Waals surface area contributed by atoms with Gasteiger partial charge >= 0.3 is 0 Å². The quantitative estimate of drug-likeness (QED) is 0.509. The van der Waals surface area contributed by atoms with Crippen LogP contribution in [0.3, 0.4) is 0 Å². The van der Waals surface area contributed by atoms with E-state index in [0.29, 0.717) is 47.3 Å². The molecule has 2 N–H and O–H groups in total. The maximum atomic E-state index is 10.8. The Morgan fingerprint density at radius 1 is 0.625 bits per heavy atom. The SMILES string of the molecule is COCC1CC(C2CC(C(C)O)[C@H](C3CCC3)[C@H](C(C)O)C2)CC(COC)C1C1CCC1. The van der Waals surface area contributed by atoms with Gasteiger partial charge in [0, 0.05) is 27.4 Å². The van der Waals surface area contributed by atoms with Gasteiger partial charge in [-0.25, -0.2) is 0 Å². The number of methoxy groups -OCH3 is 2. The number of aliphatic hydroxyl groups is 2. The normalized spacial score (nSPS) is 43.3. The molecule has 0 amide bonds. The molecule has 8 atom stereocenters. The van der Waals surface area contributed by atoms with E-state index in [1.54, 1.807) is 0 Å². The molecule has 6 unspecified atom stereocenters. The first kappa shape index (κ1) is 24.9. The summed E-state index contributed by atoms with van der Waals surface area (Å²) in [5, 5.41) is 21.7. The highest BCUT2D eigenvalue weighted by Crippen LogP contribution is 2.56. The number of aliphatic hydroxyl groups excluding tert-OH is 2. The van der Waals surface area contributed by atoms with Crippen molar-refractivity contribution in [1.82, 2.24) is 0 Å². The monoisotopic (exact) mass is 450 g/mol. The van der Waals surface area contributed by atoms with E-state index in [2.05, 4.69) is 0 Å².